The Morgan fingerprint density at radius 1 is 0.506 bits per heavy atom. The number of nitrogens with zero attached hydrogens (tertiary/aromatic N) is 4. The number of hydrogen-bond acceptors (Lipinski definition) is 11. The summed E-state index contributed by atoms with van der Waals surface area (Å²) in [5, 5.41) is 15.1. The lowest BCUT2D eigenvalue weighted by Crippen LogP contribution is -2.14. The van der Waals surface area contributed by atoms with Crippen molar-refractivity contribution in [1.29, 1.82) is 0 Å². The SMILES string of the molecule is COC(=O)c1ccc(-n2cnc3c(NCCC(F)(F)F)cc(Oc4ccc(OCc5ccccc5)cc4)cc32)cc1C.Cc1cc(-n2cnc3c(NCCC(F)(F)F)cc(Oc4ccc(OCc5ccccc5)cc4)cc32)ccc1C(=O)O. The number of rotatable bonds is 20. The number of carbonyl (C=O) groups is 2. The van der Waals surface area contributed by atoms with E-state index >= 15 is 0 Å². The van der Waals surface area contributed by atoms with Gasteiger partial charge in [0.05, 0.1) is 53.5 Å². The number of carboxylic acid groups (broad SMARTS) is 1. The van der Waals surface area contributed by atoms with Crippen molar-refractivity contribution in [3.05, 3.63) is 216 Å². The highest BCUT2D eigenvalue weighted by Gasteiger charge is 2.28. The molecule has 3 N–H and O–H groups in total. The van der Waals surface area contributed by atoms with Crippen molar-refractivity contribution in [1.82, 2.24) is 19.1 Å². The number of aromatic nitrogens is 4. The predicted octanol–water partition coefficient (Wildman–Crippen LogP) is 15.6. The number of esters is 1. The lowest BCUT2D eigenvalue weighted by Gasteiger charge is -2.14. The highest BCUT2D eigenvalue weighted by molar-refractivity contribution is 5.94. The molecule has 0 aliphatic heterocycles. The van der Waals surface area contributed by atoms with Crippen LogP contribution in [0.1, 0.15) is 55.8 Å². The van der Waals surface area contributed by atoms with Gasteiger partial charge in [0.2, 0.25) is 0 Å². The van der Waals surface area contributed by atoms with Crippen molar-refractivity contribution in [2.45, 2.75) is 52.3 Å². The van der Waals surface area contributed by atoms with Crippen LogP contribution in [-0.2, 0) is 18.0 Å². The maximum atomic E-state index is 12.9. The summed E-state index contributed by atoms with van der Waals surface area (Å²) in [6.07, 6.45) is -7.51. The van der Waals surface area contributed by atoms with Crippen molar-refractivity contribution in [2.24, 2.45) is 0 Å². The molecule has 10 aromatic rings. The van der Waals surface area contributed by atoms with Gasteiger partial charge < -0.3 is 39.4 Å². The van der Waals surface area contributed by atoms with Crippen molar-refractivity contribution >= 4 is 45.4 Å². The summed E-state index contributed by atoms with van der Waals surface area (Å²) in [4.78, 5) is 32.4. The van der Waals surface area contributed by atoms with E-state index in [9.17, 15) is 41.0 Å². The summed E-state index contributed by atoms with van der Waals surface area (Å²) in [5.74, 6) is 1.65. The van der Waals surface area contributed by atoms with Gasteiger partial charge in [-0.2, -0.15) is 26.3 Å². The summed E-state index contributed by atoms with van der Waals surface area (Å²) in [5.41, 5.74) is 8.18. The first-order valence-corrected chi connectivity index (χ1v) is 25.9. The average molecular weight is 1140 g/mol. The molecule has 0 spiro atoms. The molecule has 0 radical (unpaired) electrons. The topological polar surface area (TPSA) is 160 Å². The van der Waals surface area contributed by atoms with Crippen molar-refractivity contribution < 1.29 is 64.7 Å². The second-order valence-electron chi connectivity index (χ2n) is 19.0. The number of hydrogen-bond donors (Lipinski definition) is 3. The highest BCUT2D eigenvalue weighted by Crippen LogP contribution is 2.37. The van der Waals surface area contributed by atoms with Gasteiger partial charge in [-0.1, -0.05) is 60.7 Å². The summed E-state index contributed by atoms with van der Waals surface area (Å²) >= 11 is 0. The normalized spacial score (nSPS) is 11.4. The minimum atomic E-state index is -4.31. The van der Waals surface area contributed by atoms with Crippen LogP contribution in [0.25, 0.3) is 33.4 Å². The molecular weight excluding hydrogens is 1080 g/mol. The third-order valence-electron chi connectivity index (χ3n) is 12.9. The number of aryl methyl sites for hydroxylation is 2. The molecule has 2 aromatic heterocycles. The molecule has 8 aromatic carbocycles. The molecule has 10 rings (SSSR count). The Balaban J connectivity index is 0.000000200. The monoisotopic (exact) mass is 1140 g/mol. The van der Waals surface area contributed by atoms with Crippen molar-refractivity contribution in [2.75, 3.05) is 30.8 Å². The van der Waals surface area contributed by atoms with Crippen LogP contribution in [0.3, 0.4) is 0 Å². The Hall–Kier alpha value is -9.98. The minimum absolute atomic E-state index is 0.174. The van der Waals surface area contributed by atoms with Crippen LogP contribution in [0, 0.1) is 13.8 Å². The van der Waals surface area contributed by atoms with Gasteiger partial charge in [-0.05, 0) is 121 Å². The Labute approximate surface area is 472 Å². The summed E-state index contributed by atoms with van der Waals surface area (Å²) < 4.78 is 109. The molecule has 2 heterocycles. The number of fused-ring (bicyclic) bond motifs is 2. The number of benzene rings is 8. The van der Waals surface area contributed by atoms with Crippen LogP contribution in [0.2, 0.25) is 0 Å². The number of alkyl halides is 6. The van der Waals surface area contributed by atoms with E-state index in [2.05, 4.69) is 20.6 Å². The van der Waals surface area contributed by atoms with E-state index in [1.165, 1.54) is 19.5 Å². The molecule has 0 amide bonds. The number of carboxylic acids is 1. The fourth-order valence-electron chi connectivity index (χ4n) is 8.79. The number of nitrogens with one attached hydrogen (secondary N) is 2. The number of halogens is 6. The first-order chi connectivity index (χ1) is 39.9. The standard InChI is InChI=1S/C32H28F3N3O4.C31H26F3N3O4/c1-21-16-23(8-13-27(21)31(39)40-2)38-20-37-30-28(36-15-14-32(33,34)35)17-26(18-29(30)38)42-25-11-9-24(10-12-25)41-19-22-6-4-3-5-7-22;1-20-15-22(7-12-26(20)30(38)39)37-19-36-29-27(35-14-13-31(32,33)34)16-25(17-28(29)37)41-24-10-8-23(9-11-24)40-18-21-5-3-2-4-6-21/h3-13,16-18,20,36H,14-15,19H2,1-2H3;2-12,15-17,19,35H,13-14,18H2,1H3,(H,38,39). The highest BCUT2D eigenvalue weighted by atomic mass is 19.4. The van der Waals surface area contributed by atoms with Gasteiger partial charge in [0, 0.05) is 48.7 Å². The summed E-state index contributed by atoms with van der Waals surface area (Å²) in [6, 6.07) is 50.5. The number of carbonyl (C=O) groups excluding carboxylic acids is 1. The van der Waals surface area contributed by atoms with Crippen molar-refractivity contribution in [3.63, 3.8) is 0 Å². The maximum Gasteiger partial charge on any atom is 0.390 e. The first-order valence-electron chi connectivity index (χ1n) is 25.9. The van der Waals surface area contributed by atoms with Gasteiger partial charge in [-0.15, -0.1) is 0 Å². The van der Waals surface area contributed by atoms with E-state index in [4.69, 9.17) is 23.7 Å². The van der Waals surface area contributed by atoms with Gasteiger partial charge in [-0.3, -0.25) is 9.13 Å². The Kier molecular flexibility index (Phi) is 17.8. The number of imidazole rings is 2. The third-order valence-corrected chi connectivity index (χ3v) is 12.9. The second kappa shape index (κ2) is 25.6. The molecule has 0 bridgehead atoms. The summed E-state index contributed by atoms with van der Waals surface area (Å²) in [7, 11) is 1.32. The first kappa shape index (κ1) is 57.7. The van der Waals surface area contributed by atoms with Crippen LogP contribution < -0.4 is 29.6 Å². The van der Waals surface area contributed by atoms with Crippen molar-refractivity contribution in [3.8, 4) is 45.9 Å². The molecule has 426 valence electrons. The van der Waals surface area contributed by atoms with E-state index in [0.717, 1.165) is 11.1 Å². The van der Waals surface area contributed by atoms with Gasteiger partial charge in [0.15, 0.2) is 0 Å². The molecule has 0 unspecified atom stereocenters. The zero-order valence-electron chi connectivity index (χ0n) is 44.9. The molecule has 14 nitrogen and oxygen atoms in total. The van der Waals surface area contributed by atoms with Crippen LogP contribution in [0.4, 0.5) is 37.7 Å². The number of ether oxygens (including phenoxy) is 5. The average Bonchev–Trinajstić information content (AvgIpc) is 4.17. The molecule has 83 heavy (non-hydrogen) atoms. The maximum absolute atomic E-state index is 12.9. The van der Waals surface area contributed by atoms with Gasteiger partial charge >= 0.3 is 24.3 Å². The van der Waals surface area contributed by atoms with Crippen LogP contribution in [-0.4, -0.2) is 68.7 Å². The third kappa shape index (κ3) is 15.3. The van der Waals surface area contributed by atoms with Crippen LogP contribution >= 0.6 is 0 Å². The molecule has 0 saturated heterocycles. The molecule has 0 aliphatic carbocycles. The van der Waals surface area contributed by atoms with Crippen LogP contribution in [0.5, 0.6) is 34.5 Å². The Bertz CT molecular complexity index is 3850. The van der Waals surface area contributed by atoms with Gasteiger partial charge in [0.25, 0.3) is 0 Å². The zero-order valence-corrected chi connectivity index (χ0v) is 44.9. The minimum Gasteiger partial charge on any atom is -0.489 e. The smallest absolute Gasteiger partial charge is 0.390 e. The molecule has 0 atom stereocenters. The lowest BCUT2D eigenvalue weighted by atomic mass is 10.1. The zero-order chi connectivity index (χ0) is 58.7. The van der Waals surface area contributed by atoms with E-state index in [1.807, 2.05) is 66.7 Å². The summed E-state index contributed by atoms with van der Waals surface area (Å²) in [6.45, 7) is 3.67. The van der Waals surface area contributed by atoms with E-state index in [1.54, 1.807) is 126 Å². The van der Waals surface area contributed by atoms with Crippen LogP contribution in [0.15, 0.2) is 183 Å². The Morgan fingerprint density at radius 2 is 0.904 bits per heavy atom. The number of methoxy groups -OCH3 is 1. The largest absolute Gasteiger partial charge is 0.489 e. The quantitative estimate of drug-likeness (QED) is 0.0490. The lowest BCUT2D eigenvalue weighted by molar-refractivity contribution is -0.132. The molecule has 20 heteroatoms. The number of aromatic carboxylic acids is 1. The fraction of sp³-hybridized carbons (Fsp3) is 0.175. The molecule has 0 aliphatic rings. The molecule has 0 saturated carbocycles. The van der Waals surface area contributed by atoms with E-state index in [0.29, 0.717) is 109 Å². The van der Waals surface area contributed by atoms with E-state index < -0.39 is 37.1 Å². The van der Waals surface area contributed by atoms with E-state index in [-0.39, 0.29) is 18.7 Å². The predicted molar refractivity (Wildman–Crippen MR) is 303 cm³/mol. The van der Waals surface area contributed by atoms with Gasteiger partial charge in [0.1, 0.15) is 71.4 Å². The van der Waals surface area contributed by atoms with Gasteiger partial charge in [-0.25, -0.2) is 19.6 Å². The fourth-order valence-corrected chi connectivity index (χ4v) is 8.79. The molecular formula is C63H54F6N6O8. The number of anilines is 2. The molecule has 0 fully saturated rings. The second-order valence-corrected chi connectivity index (χ2v) is 19.0. The Morgan fingerprint density at radius 3 is 1.28 bits per heavy atom.